The first-order chi connectivity index (χ1) is 13.6. The number of guanidine groups is 1. The fourth-order valence-electron chi connectivity index (χ4n) is 3.29. The Morgan fingerprint density at radius 2 is 1.93 bits per heavy atom. The normalized spacial score (nSPS) is 21.4. The van der Waals surface area contributed by atoms with Gasteiger partial charge in [0.1, 0.15) is 5.60 Å². The summed E-state index contributed by atoms with van der Waals surface area (Å²) in [6.45, 7) is 7.56. The van der Waals surface area contributed by atoms with Crippen LogP contribution in [0, 0.1) is 5.92 Å². The van der Waals surface area contributed by atoms with E-state index >= 15 is 0 Å². The van der Waals surface area contributed by atoms with Crippen molar-refractivity contribution in [3.8, 4) is 0 Å². The molecule has 2 fully saturated rings. The van der Waals surface area contributed by atoms with Gasteiger partial charge in [0.05, 0.1) is 5.75 Å². The van der Waals surface area contributed by atoms with E-state index in [2.05, 4.69) is 20.3 Å². The van der Waals surface area contributed by atoms with E-state index in [1.165, 1.54) is 6.42 Å². The Kier molecular flexibility index (Phi) is 8.57. The minimum absolute atomic E-state index is 0.00484. The van der Waals surface area contributed by atoms with E-state index in [4.69, 9.17) is 4.74 Å². The fraction of sp³-hybridized carbons (Fsp3) is 0.895. The molecule has 0 aromatic heterocycles. The van der Waals surface area contributed by atoms with Gasteiger partial charge in [0.15, 0.2) is 5.96 Å². The average Bonchev–Trinajstić information content (AvgIpc) is 2.58. The molecule has 0 spiro atoms. The fourth-order valence-corrected chi connectivity index (χ4v) is 4.30. The molecule has 1 heterocycles. The molecule has 1 saturated carbocycles. The van der Waals surface area contributed by atoms with Gasteiger partial charge in [0.25, 0.3) is 0 Å². The van der Waals surface area contributed by atoms with Crippen molar-refractivity contribution in [3.63, 3.8) is 0 Å². The summed E-state index contributed by atoms with van der Waals surface area (Å²) < 4.78 is 32.3. The third kappa shape index (κ3) is 8.77. The van der Waals surface area contributed by atoms with Crippen LogP contribution < -0.4 is 15.4 Å². The van der Waals surface area contributed by atoms with Gasteiger partial charge in [0.2, 0.25) is 10.0 Å². The molecule has 168 valence electrons. The highest BCUT2D eigenvalue weighted by Gasteiger charge is 2.28. The summed E-state index contributed by atoms with van der Waals surface area (Å²) in [7, 11) is -1.65. The minimum atomic E-state index is -3.29. The molecule has 2 aliphatic rings. The van der Waals surface area contributed by atoms with E-state index in [0.29, 0.717) is 31.5 Å². The van der Waals surface area contributed by atoms with Gasteiger partial charge in [-0.15, -0.1) is 0 Å². The highest BCUT2D eigenvalue weighted by atomic mass is 32.2. The Labute approximate surface area is 175 Å². The quantitative estimate of drug-likeness (QED) is 0.413. The second kappa shape index (κ2) is 10.5. The van der Waals surface area contributed by atoms with E-state index in [0.717, 1.165) is 25.7 Å². The van der Waals surface area contributed by atoms with E-state index in [9.17, 15) is 13.2 Å². The number of carbonyl (C=O) groups is 1. The largest absolute Gasteiger partial charge is 0.444 e. The van der Waals surface area contributed by atoms with Crippen molar-refractivity contribution >= 4 is 22.1 Å². The number of piperidine rings is 1. The number of ether oxygens (including phenoxy) is 1. The van der Waals surface area contributed by atoms with Crippen LogP contribution >= 0.6 is 0 Å². The molecule has 0 aromatic carbocycles. The van der Waals surface area contributed by atoms with Crippen LogP contribution in [0.2, 0.25) is 0 Å². The highest BCUT2D eigenvalue weighted by Crippen LogP contribution is 2.25. The molecule has 3 N–H and O–H groups in total. The Morgan fingerprint density at radius 3 is 2.52 bits per heavy atom. The Hall–Kier alpha value is -1.55. The van der Waals surface area contributed by atoms with Crippen molar-refractivity contribution in [3.05, 3.63) is 0 Å². The number of amides is 1. The zero-order valence-electron chi connectivity index (χ0n) is 18.2. The summed E-state index contributed by atoms with van der Waals surface area (Å²) in [6.07, 6.45) is 4.88. The van der Waals surface area contributed by atoms with Gasteiger partial charge >= 0.3 is 6.09 Å². The molecule has 1 saturated heterocycles. The molecule has 1 aliphatic carbocycles. The number of rotatable bonds is 7. The van der Waals surface area contributed by atoms with Crippen LogP contribution in [0.15, 0.2) is 4.99 Å². The zero-order chi connectivity index (χ0) is 21.5. The maximum atomic E-state index is 12.3. The molecular weight excluding hydrogens is 394 g/mol. The molecular formula is C19H37N5O4S. The first-order valence-electron chi connectivity index (χ1n) is 10.5. The number of hydrogen-bond acceptors (Lipinski definition) is 5. The summed E-state index contributed by atoms with van der Waals surface area (Å²) in [6, 6.07) is 0.0378. The maximum Gasteiger partial charge on any atom is 0.410 e. The average molecular weight is 432 g/mol. The lowest BCUT2D eigenvalue weighted by molar-refractivity contribution is 0.0193. The van der Waals surface area contributed by atoms with Gasteiger partial charge in [-0.05, 0) is 52.4 Å². The van der Waals surface area contributed by atoms with Gasteiger partial charge in [-0.1, -0.05) is 6.42 Å². The number of nitrogens with zero attached hydrogens (tertiary/aromatic N) is 2. The molecule has 0 aromatic rings. The van der Waals surface area contributed by atoms with E-state index in [1.807, 2.05) is 20.8 Å². The lowest BCUT2D eigenvalue weighted by Gasteiger charge is -2.35. The SMILES string of the molecule is CN=C(NCCS(=O)(=O)NCC1CCC1)NC1CCCN(C(=O)OC(C)(C)C)C1. The van der Waals surface area contributed by atoms with Crippen LogP contribution in [-0.4, -0.2) is 76.0 Å². The van der Waals surface area contributed by atoms with Crippen molar-refractivity contribution < 1.29 is 17.9 Å². The third-order valence-electron chi connectivity index (χ3n) is 5.12. The minimum Gasteiger partial charge on any atom is -0.444 e. The van der Waals surface area contributed by atoms with Crippen LogP contribution in [0.3, 0.4) is 0 Å². The Morgan fingerprint density at radius 1 is 1.21 bits per heavy atom. The molecule has 9 nitrogen and oxygen atoms in total. The smallest absolute Gasteiger partial charge is 0.410 e. The summed E-state index contributed by atoms with van der Waals surface area (Å²) >= 11 is 0. The molecule has 1 atom stereocenters. The number of hydrogen-bond donors (Lipinski definition) is 3. The van der Waals surface area contributed by atoms with Crippen molar-refractivity contribution in [2.75, 3.05) is 39.0 Å². The molecule has 1 amide bonds. The van der Waals surface area contributed by atoms with Crippen molar-refractivity contribution in [2.24, 2.45) is 10.9 Å². The van der Waals surface area contributed by atoms with Crippen LogP contribution in [-0.2, 0) is 14.8 Å². The number of sulfonamides is 1. The van der Waals surface area contributed by atoms with Crippen LogP contribution in [0.25, 0.3) is 0 Å². The number of nitrogens with one attached hydrogen (secondary N) is 3. The Bertz CT molecular complexity index is 671. The van der Waals surface area contributed by atoms with Crippen LogP contribution in [0.5, 0.6) is 0 Å². The molecule has 29 heavy (non-hydrogen) atoms. The summed E-state index contributed by atoms with van der Waals surface area (Å²) in [5.41, 5.74) is -0.521. The maximum absolute atomic E-state index is 12.3. The van der Waals surface area contributed by atoms with E-state index < -0.39 is 15.6 Å². The van der Waals surface area contributed by atoms with Crippen LogP contribution in [0.1, 0.15) is 52.9 Å². The number of likely N-dealkylation sites (tertiary alicyclic amines) is 1. The van der Waals surface area contributed by atoms with Gasteiger partial charge < -0.3 is 20.3 Å². The lowest BCUT2D eigenvalue weighted by atomic mass is 9.86. The summed E-state index contributed by atoms with van der Waals surface area (Å²) in [5.74, 6) is 1.02. The van der Waals surface area contributed by atoms with Crippen molar-refractivity contribution in [1.29, 1.82) is 0 Å². The second-order valence-corrected chi connectivity index (χ2v) is 10.8. The zero-order valence-corrected chi connectivity index (χ0v) is 19.0. The topological polar surface area (TPSA) is 112 Å². The molecule has 2 rings (SSSR count). The van der Waals surface area contributed by atoms with Crippen molar-refractivity contribution in [1.82, 2.24) is 20.3 Å². The van der Waals surface area contributed by atoms with Gasteiger partial charge in [-0.2, -0.15) is 0 Å². The first-order valence-corrected chi connectivity index (χ1v) is 12.2. The molecule has 1 unspecified atom stereocenters. The second-order valence-electron chi connectivity index (χ2n) is 8.87. The first kappa shape index (κ1) is 23.7. The molecule has 1 aliphatic heterocycles. The number of aliphatic imine (C=N–C) groups is 1. The predicted molar refractivity (Wildman–Crippen MR) is 114 cm³/mol. The Balaban J connectivity index is 1.73. The number of carbonyl (C=O) groups excluding carboxylic acids is 1. The van der Waals surface area contributed by atoms with Gasteiger partial charge in [0, 0.05) is 39.3 Å². The predicted octanol–water partition coefficient (Wildman–Crippen LogP) is 1.27. The third-order valence-corrected chi connectivity index (χ3v) is 6.47. The highest BCUT2D eigenvalue weighted by molar-refractivity contribution is 7.89. The molecule has 10 heteroatoms. The van der Waals surface area contributed by atoms with E-state index in [-0.39, 0.29) is 24.4 Å². The van der Waals surface area contributed by atoms with E-state index in [1.54, 1.807) is 11.9 Å². The summed E-state index contributed by atoms with van der Waals surface area (Å²) in [5, 5.41) is 6.34. The lowest BCUT2D eigenvalue weighted by Crippen LogP contribution is -2.53. The monoisotopic (exact) mass is 431 g/mol. The van der Waals surface area contributed by atoms with Crippen LogP contribution in [0.4, 0.5) is 4.79 Å². The van der Waals surface area contributed by atoms with Gasteiger partial charge in [-0.3, -0.25) is 4.99 Å². The standard InChI is InChI=1S/C19H37N5O4S/c1-19(2,3)28-18(25)24-11-6-9-16(14-24)23-17(20-4)21-10-12-29(26,27)22-13-15-7-5-8-15/h15-16,22H,5-14H2,1-4H3,(H2,20,21,23). The van der Waals surface area contributed by atoms with Gasteiger partial charge in [-0.25, -0.2) is 17.9 Å². The molecule has 0 bridgehead atoms. The summed E-state index contributed by atoms with van der Waals surface area (Å²) in [4.78, 5) is 18.2. The van der Waals surface area contributed by atoms with Crippen molar-refractivity contribution in [2.45, 2.75) is 64.5 Å². The molecule has 0 radical (unpaired) electrons.